The van der Waals surface area contributed by atoms with E-state index in [9.17, 15) is 9.59 Å². The predicted octanol–water partition coefficient (Wildman–Crippen LogP) is -0.227. The molecule has 0 radical (unpaired) electrons. The molecule has 0 aromatic rings. The maximum absolute atomic E-state index is 10.9. The third-order valence-corrected chi connectivity index (χ3v) is 2.35. The van der Waals surface area contributed by atoms with E-state index < -0.39 is 0 Å². The van der Waals surface area contributed by atoms with Crippen molar-refractivity contribution < 1.29 is 9.59 Å². The number of amides is 1. The van der Waals surface area contributed by atoms with Crippen molar-refractivity contribution in [2.24, 2.45) is 11.7 Å². The molecule has 0 spiro atoms. The SMILES string of the molecule is CC(=O)CN1CCCC(C(N)=O)C1. The van der Waals surface area contributed by atoms with Gasteiger partial charge in [-0.05, 0) is 26.3 Å². The second-order valence-electron chi connectivity index (χ2n) is 3.68. The van der Waals surface area contributed by atoms with Crippen LogP contribution in [0.4, 0.5) is 0 Å². The Bertz CT molecular complexity index is 216. The molecule has 1 saturated heterocycles. The zero-order chi connectivity index (χ0) is 9.84. The van der Waals surface area contributed by atoms with Gasteiger partial charge in [-0.3, -0.25) is 14.5 Å². The maximum atomic E-state index is 10.9. The number of rotatable bonds is 3. The minimum atomic E-state index is -0.242. The summed E-state index contributed by atoms with van der Waals surface area (Å²) >= 11 is 0. The van der Waals surface area contributed by atoms with E-state index in [1.807, 2.05) is 4.90 Å². The molecule has 0 aromatic carbocycles. The molecule has 4 heteroatoms. The van der Waals surface area contributed by atoms with E-state index >= 15 is 0 Å². The molecule has 1 fully saturated rings. The fourth-order valence-electron chi connectivity index (χ4n) is 1.75. The molecule has 74 valence electrons. The molecule has 1 unspecified atom stereocenters. The standard InChI is InChI=1S/C9H16N2O2/c1-7(12)5-11-4-2-3-8(6-11)9(10)13/h8H,2-6H2,1H3,(H2,10,13). The van der Waals surface area contributed by atoms with Crippen LogP contribution in [0.15, 0.2) is 0 Å². The van der Waals surface area contributed by atoms with Crippen LogP contribution in [0, 0.1) is 5.92 Å². The lowest BCUT2D eigenvalue weighted by molar-refractivity contribution is -0.125. The van der Waals surface area contributed by atoms with Crippen molar-refractivity contribution in [2.75, 3.05) is 19.6 Å². The number of likely N-dealkylation sites (tertiary alicyclic amines) is 1. The van der Waals surface area contributed by atoms with Crippen molar-refractivity contribution in [1.82, 2.24) is 4.90 Å². The van der Waals surface area contributed by atoms with Gasteiger partial charge in [0, 0.05) is 6.54 Å². The van der Waals surface area contributed by atoms with Crippen LogP contribution in [0.25, 0.3) is 0 Å². The Balaban J connectivity index is 2.41. The van der Waals surface area contributed by atoms with Crippen molar-refractivity contribution in [3.63, 3.8) is 0 Å². The van der Waals surface area contributed by atoms with Gasteiger partial charge in [0.05, 0.1) is 12.5 Å². The van der Waals surface area contributed by atoms with Gasteiger partial charge in [-0.15, -0.1) is 0 Å². The Labute approximate surface area is 78.1 Å². The van der Waals surface area contributed by atoms with Gasteiger partial charge in [0.2, 0.25) is 5.91 Å². The van der Waals surface area contributed by atoms with Crippen molar-refractivity contribution in [2.45, 2.75) is 19.8 Å². The third kappa shape index (κ3) is 3.14. The first-order valence-corrected chi connectivity index (χ1v) is 4.60. The summed E-state index contributed by atoms with van der Waals surface area (Å²) in [5.74, 6) is -0.161. The molecule has 4 nitrogen and oxygen atoms in total. The monoisotopic (exact) mass is 184 g/mol. The normalized spacial score (nSPS) is 24.2. The highest BCUT2D eigenvalue weighted by Crippen LogP contribution is 2.15. The Kier molecular flexibility index (Phi) is 3.42. The lowest BCUT2D eigenvalue weighted by Crippen LogP contribution is -2.42. The van der Waals surface area contributed by atoms with E-state index in [1.54, 1.807) is 6.92 Å². The number of carbonyl (C=O) groups excluding carboxylic acids is 2. The number of primary amides is 1. The first kappa shape index (κ1) is 10.2. The van der Waals surface area contributed by atoms with Crippen LogP contribution in [0.3, 0.4) is 0 Å². The van der Waals surface area contributed by atoms with Crippen LogP contribution in [0.2, 0.25) is 0 Å². The molecule has 1 atom stereocenters. The molecule has 0 aliphatic carbocycles. The number of piperidine rings is 1. The van der Waals surface area contributed by atoms with Crippen LogP contribution in [-0.2, 0) is 9.59 Å². The smallest absolute Gasteiger partial charge is 0.221 e. The largest absolute Gasteiger partial charge is 0.369 e. The average Bonchev–Trinajstić information content (AvgIpc) is 2.03. The number of ketones is 1. The van der Waals surface area contributed by atoms with Crippen LogP contribution in [0.5, 0.6) is 0 Å². The molecule has 1 rings (SSSR count). The quantitative estimate of drug-likeness (QED) is 0.659. The van der Waals surface area contributed by atoms with Gasteiger partial charge < -0.3 is 5.73 Å². The second kappa shape index (κ2) is 4.37. The highest BCUT2D eigenvalue weighted by Gasteiger charge is 2.24. The average molecular weight is 184 g/mol. The molecule has 1 aliphatic rings. The van der Waals surface area contributed by atoms with Crippen LogP contribution in [0.1, 0.15) is 19.8 Å². The summed E-state index contributed by atoms with van der Waals surface area (Å²) in [5.41, 5.74) is 5.21. The van der Waals surface area contributed by atoms with Crippen molar-refractivity contribution >= 4 is 11.7 Å². The van der Waals surface area contributed by atoms with Gasteiger partial charge in [-0.2, -0.15) is 0 Å². The summed E-state index contributed by atoms with van der Waals surface area (Å²) in [6, 6.07) is 0. The Morgan fingerprint density at radius 2 is 2.23 bits per heavy atom. The fraction of sp³-hybridized carbons (Fsp3) is 0.778. The topological polar surface area (TPSA) is 63.4 Å². The number of Topliss-reactive ketones (excluding diaryl/α,β-unsaturated/α-hetero) is 1. The van der Waals surface area contributed by atoms with Gasteiger partial charge in [0.15, 0.2) is 0 Å². The second-order valence-corrected chi connectivity index (χ2v) is 3.68. The number of nitrogens with zero attached hydrogens (tertiary/aromatic N) is 1. The minimum absolute atomic E-state index is 0.0619. The number of carbonyl (C=O) groups is 2. The number of hydrogen-bond donors (Lipinski definition) is 1. The van der Waals surface area contributed by atoms with E-state index in [0.29, 0.717) is 13.1 Å². The summed E-state index contributed by atoms with van der Waals surface area (Å²) in [6.45, 7) is 3.57. The van der Waals surface area contributed by atoms with E-state index in [1.165, 1.54) is 0 Å². The molecule has 0 saturated carbocycles. The molecule has 13 heavy (non-hydrogen) atoms. The summed E-state index contributed by atoms with van der Waals surface area (Å²) in [6.07, 6.45) is 1.82. The number of hydrogen-bond acceptors (Lipinski definition) is 3. The van der Waals surface area contributed by atoms with Crippen molar-refractivity contribution in [3.05, 3.63) is 0 Å². The molecule has 2 N–H and O–H groups in total. The molecule has 1 heterocycles. The Morgan fingerprint density at radius 3 is 2.77 bits per heavy atom. The third-order valence-electron chi connectivity index (χ3n) is 2.35. The predicted molar refractivity (Wildman–Crippen MR) is 49.0 cm³/mol. The van der Waals surface area contributed by atoms with Gasteiger partial charge in [0.25, 0.3) is 0 Å². The van der Waals surface area contributed by atoms with Gasteiger partial charge in [0.1, 0.15) is 5.78 Å². The molecule has 0 aromatic heterocycles. The van der Waals surface area contributed by atoms with Crippen LogP contribution < -0.4 is 5.73 Å². The first-order chi connectivity index (χ1) is 6.09. The fourth-order valence-corrected chi connectivity index (χ4v) is 1.75. The Hall–Kier alpha value is -0.900. The summed E-state index contributed by atoms with van der Waals surface area (Å²) < 4.78 is 0. The van der Waals surface area contributed by atoms with Crippen LogP contribution in [-0.4, -0.2) is 36.2 Å². The Morgan fingerprint density at radius 1 is 1.54 bits per heavy atom. The summed E-state index contributed by atoms with van der Waals surface area (Å²) in [7, 11) is 0. The molecular formula is C9H16N2O2. The lowest BCUT2D eigenvalue weighted by atomic mass is 9.97. The minimum Gasteiger partial charge on any atom is -0.369 e. The molecule has 0 bridgehead atoms. The first-order valence-electron chi connectivity index (χ1n) is 4.60. The molecular weight excluding hydrogens is 168 g/mol. The van der Waals surface area contributed by atoms with Gasteiger partial charge in [-0.1, -0.05) is 0 Å². The molecule has 1 aliphatic heterocycles. The molecule has 1 amide bonds. The van der Waals surface area contributed by atoms with E-state index in [0.717, 1.165) is 19.4 Å². The lowest BCUT2D eigenvalue weighted by Gasteiger charge is -2.30. The van der Waals surface area contributed by atoms with E-state index in [-0.39, 0.29) is 17.6 Å². The zero-order valence-electron chi connectivity index (χ0n) is 7.95. The summed E-state index contributed by atoms with van der Waals surface area (Å²) in [4.78, 5) is 23.7. The maximum Gasteiger partial charge on any atom is 0.221 e. The highest BCUT2D eigenvalue weighted by molar-refractivity contribution is 5.78. The van der Waals surface area contributed by atoms with Crippen LogP contribution >= 0.6 is 0 Å². The van der Waals surface area contributed by atoms with Crippen molar-refractivity contribution in [1.29, 1.82) is 0 Å². The van der Waals surface area contributed by atoms with E-state index in [2.05, 4.69) is 0 Å². The van der Waals surface area contributed by atoms with Gasteiger partial charge >= 0.3 is 0 Å². The van der Waals surface area contributed by atoms with Crippen molar-refractivity contribution in [3.8, 4) is 0 Å². The van der Waals surface area contributed by atoms with Gasteiger partial charge in [-0.25, -0.2) is 0 Å². The summed E-state index contributed by atoms with van der Waals surface area (Å²) in [5, 5.41) is 0. The highest BCUT2D eigenvalue weighted by atomic mass is 16.1. The zero-order valence-corrected chi connectivity index (χ0v) is 7.95. The number of nitrogens with two attached hydrogens (primary N) is 1. The van der Waals surface area contributed by atoms with E-state index in [4.69, 9.17) is 5.73 Å².